The van der Waals surface area contributed by atoms with Crippen LogP contribution in [0.5, 0.6) is 0 Å². The van der Waals surface area contributed by atoms with Gasteiger partial charge in [0.05, 0.1) is 0 Å². The zero-order valence-electron chi connectivity index (χ0n) is 9.10. The number of benzene rings is 2. The van der Waals surface area contributed by atoms with Crippen LogP contribution in [0, 0.1) is 18.2 Å². The first kappa shape index (κ1) is 11.4. The molecule has 0 saturated heterocycles. The third-order valence-corrected chi connectivity index (χ3v) is 2.66. The second-order valence-electron chi connectivity index (χ2n) is 3.73. The number of hydrogen-bond acceptors (Lipinski definition) is 1. The lowest BCUT2D eigenvalue weighted by atomic mass is 9.87. The Hall–Kier alpha value is -2.11. The summed E-state index contributed by atoms with van der Waals surface area (Å²) >= 11 is 0. The fourth-order valence-electron chi connectivity index (χ4n) is 1.70. The summed E-state index contributed by atoms with van der Waals surface area (Å²) in [5.41, 5.74) is -0.448. The molecule has 0 fully saturated rings. The van der Waals surface area contributed by atoms with E-state index >= 15 is 0 Å². The summed E-state index contributed by atoms with van der Waals surface area (Å²) in [5.74, 6) is 2.00. The van der Waals surface area contributed by atoms with Crippen LogP contribution in [0.3, 0.4) is 0 Å². The predicted octanol–water partition coefficient (Wildman–Crippen LogP) is 2.69. The Morgan fingerprint density at radius 3 is 2.00 bits per heavy atom. The summed E-state index contributed by atoms with van der Waals surface area (Å²) in [6.45, 7) is 0. The van der Waals surface area contributed by atoms with Gasteiger partial charge in [-0.3, -0.25) is 0 Å². The minimum absolute atomic E-state index is 0.360. The molecular formula is C15H11FO. The highest BCUT2D eigenvalue weighted by Crippen LogP contribution is 2.28. The molecule has 0 aromatic heterocycles. The van der Waals surface area contributed by atoms with Crippen molar-refractivity contribution in [2.45, 2.75) is 5.60 Å². The molecule has 2 aromatic carbocycles. The van der Waals surface area contributed by atoms with E-state index in [0.717, 1.165) is 0 Å². The Morgan fingerprint density at radius 1 is 0.941 bits per heavy atom. The first-order valence-corrected chi connectivity index (χ1v) is 5.18. The van der Waals surface area contributed by atoms with Gasteiger partial charge >= 0.3 is 0 Å². The fraction of sp³-hybridized carbons (Fsp3) is 0.0667. The van der Waals surface area contributed by atoms with E-state index < -0.39 is 5.60 Å². The van der Waals surface area contributed by atoms with Crippen molar-refractivity contribution >= 4 is 0 Å². The van der Waals surface area contributed by atoms with Crippen LogP contribution in [0.15, 0.2) is 54.6 Å². The van der Waals surface area contributed by atoms with E-state index in [1.807, 2.05) is 6.07 Å². The van der Waals surface area contributed by atoms with E-state index in [1.54, 1.807) is 24.3 Å². The van der Waals surface area contributed by atoms with Crippen molar-refractivity contribution < 1.29 is 9.50 Å². The molecule has 0 amide bonds. The Balaban J connectivity index is 2.53. The molecule has 2 heteroatoms. The highest BCUT2D eigenvalue weighted by molar-refractivity contribution is 5.43. The zero-order valence-corrected chi connectivity index (χ0v) is 9.10. The monoisotopic (exact) mass is 226 g/mol. The number of hydrogen-bond donors (Lipinski definition) is 1. The van der Waals surface area contributed by atoms with E-state index in [1.165, 1.54) is 24.3 Å². The third-order valence-electron chi connectivity index (χ3n) is 2.66. The second kappa shape index (κ2) is 4.40. The lowest BCUT2D eigenvalue weighted by Crippen LogP contribution is -2.24. The molecule has 2 aromatic rings. The Kier molecular flexibility index (Phi) is 2.95. The molecule has 0 heterocycles. The van der Waals surface area contributed by atoms with E-state index in [0.29, 0.717) is 11.1 Å². The van der Waals surface area contributed by atoms with Crippen LogP contribution in [0.4, 0.5) is 4.39 Å². The van der Waals surface area contributed by atoms with Crippen LogP contribution in [0.2, 0.25) is 0 Å². The van der Waals surface area contributed by atoms with Gasteiger partial charge in [-0.1, -0.05) is 48.4 Å². The molecule has 1 nitrogen and oxygen atoms in total. The van der Waals surface area contributed by atoms with Gasteiger partial charge in [-0.2, -0.15) is 0 Å². The van der Waals surface area contributed by atoms with Gasteiger partial charge in [-0.15, -0.1) is 6.42 Å². The molecule has 1 atom stereocenters. The van der Waals surface area contributed by atoms with Crippen LogP contribution in [0.25, 0.3) is 0 Å². The third kappa shape index (κ3) is 2.06. The highest BCUT2D eigenvalue weighted by Gasteiger charge is 2.28. The van der Waals surface area contributed by atoms with Crippen LogP contribution in [-0.4, -0.2) is 5.11 Å². The summed E-state index contributed by atoms with van der Waals surface area (Å²) in [6, 6.07) is 14.4. The first-order valence-electron chi connectivity index (χ1n) is 5.18. The summed E-state index contributed by atoms with van der Waals surface area (Å²) in [5, 5.41) is 10.5. The van der Waals surface area contributed by atoms with Crippen molar-refractivity contribution in [3.8, 4) is 12.3 Å². The number of rotatable bonds is 2. The van der Waals surface area contributed by atoms with Crippen molar-refractivity contribution in [2.75, 3.05) is 0 Å². The van der Waals surface area contributed by atoms with Crippen LogP contribution in [0.1, 0.15) is 11.1 Å². The normalized spacial score (nSPS) is 13.7. The molecule has 0 aliphatic heterocycles. The van der Waals surface area contributed by atoms with Gasteiger partial charge in [-0.25, -0.2) is 4.39 Å². The van der Waals surface area contributed by atoms with Crippen LogP contribution < -0.4 is 0 Å². The minimum atomic E-state index is -1.52. The van der Waals surface area contributed by atoms with E-state index in [9.17, 15) is 9.50 Å². The Labute approximate surface area is 99.5 Å². The average Bonchev–Trinajstić information content (AvgIpc) is 2.40. The van der Waals surface area contributed by atoms with Gasteiger partial charge in [-0.05, 0) is 12.1 Å². The average molecular weight is 226 g/mol. The zero-order chi connectivity index (χ0) is 12.3. The number of halogens is 1. The maximum Gasteiger partial charge on any atom is 0.176 e. The van der Waals surface area contributed by atoms with Crippen molar-refractivity contribution in [3.63, 3.8) is 0 Å². The molecule has 1 unspecified atom stereocenters. The fourth-order valence-corrected chi connectivity index (χ4v) is 1.70. The molecule has 0 radical (unpaired) electrons. The summed E-state index contributed by atoms with van der Waals surface area (Å²) in [7, 11) is 0. The van der Waals surface area contributed by atoms with Crippen molar-refractivity contribution in [2.24, 2.45) is 0 Å². The molecule has 0 aliphatic carbocycles. The molecule has 17 heavy (non-hydrogen) atoms. The lowest BCUT2D eigenvalue weighted by molar-refractivity contribution is 0.145. The Morgan fingerprint density at radius 2 is 1.47 bits per heavy atom. The number of terminal acetylenes is 1. The first-order chi connectivity index (χ1) is 8.16. The van der Waals surface area contributed by atoms with Crippen LogP contribution in [-0.2, 0) is 5.60 Å². The Bertz CT molecular complexity index is 539. The van der Waals surface area contributed by atoms with Crippen molar-refractivity contribution in [1.82, 2.24) is 0 Å². The maximum absolute atomic E-state index is 12.8. The molecule has 84 valence electrons. The molecule has 1 N–H and O–H groups in total. The van der Waals surface area contributed by atoms with Gasteiger partial charge in [0, 0.05) is 11.1 Å². The van der Waals surface area contributed by atoms with Crippen molar-refractivity contribution in [1.29, 1.82) is 0 Å². The topological polar surface area (TPSA) is 20.2 Å². The molecule has 0 aliphatic rings. The van der Waals surface area contributed by atoms with Gasteiger partial charge in [0.25, 0.3) is 0 Å². The van der Waals surface area contributed by atoms with Gasteiger partial charge in [0.1, 0.15) is 5.82 Å². The second-order valence-corrected chi connectivity index (χ2v) is 3.73. The van der Waals surface area contributed by atoms with E-state index in [4.69, 9.17) is 6.42 Å². The lowest BCUT2D eigenvalue weighted by Gasteiger charge is -2.23. The molecule has 0 saturated carbocycles. The SMILES string of the molecule is C#CC(O)(c1ccccc1)c1ccc(F)cc1. The van der Waals surface area contributed by atoms with E-state index in [2.05, 4.69) is 5.92 Å². The van der Waals surface area contributed by atoms with Gasteiger partial charge in [0.2, 0.25) is 0 Å². The van der Waals surface area contributed by atoms with Crippen LogP contribution >= 0.6 is 0 Å². The largest absolute Gasteiger partial charge is 0.369 e. The highest BCUT2D eigenvalue weighted by atomic mass is 19.1. The van der Waals surface area contributed by atoms with Gasteiger partial charge in [0.15, 0.2) is 5.60 Å². The number of aliphatic hydroxyl groups is 1. The smallest absolute Gasteiger partial charge is 0.176 e. The van der Waals surface area contributed by atoms with Crippen molar-refractivity contribution in [3.05, 3.63) is 71.5 Å². The molecular weight excluding hydrogens is 215 g/mol. The maximum atomic E-state index is 12.8. The summed E-state index contributed by atoms with van der Waals surface area (Å²) < 4.78 is 12.8. The molecule has 2 rings (SSSR count). The minimum Gasteiger partial charge on any atom is -0.369 e. The summed E-state index contributed by atoms with van der Waals surface area (Å²) in [6.07, 6.45) is 5.42. The quantitative estimate of drug-likeness (QED) is 0.780. The van der Waals surface area contributed by atoms with Gasteiger partial charge < -0.3 is 5.11 Å². The summed E-state index contributed by atoms with van der Waals surface area (Å²) in [4.78, 5) is 0. The predicted molar refractivity (Wildman–Crippen MR) is 64.7 cm³/mol. The molecule has 0 spiro atoms. The van der Waals surface area contributed by atoms with E-state index in [-0.39, 0.29) is 5.82 Å². The standard InChI is InChI=1S/C15H11FO/c1-2-15(17,12-6-4-3-5-7-12)13-8-10-14(16)11-9-13/h1,3-11,17H. The molecule has 0 bridgehead atoms.